The molecule has 1 rings (SSSR count). The van der Waals surface area contributed by atoms with Crippen LogP contribution in [-0.4, -0.2) is 51.9 Å². The fourth-order valence-electron chi connectivity index (χ4n) is 1.76. The van der Waals surface area contributed by atoms with E-state index in [1.165, 1.54) is 6.92 Å². The molecule has 0 saturated heterocycles. The highest BCUT2D eigenvalue weighted by atomic mass is 16.6. The number of hydrogen-bond acceptors (Lipinski definition) is 8. The zero-order valence-corrected chi connectivity index (χ0v) is 13.4. The summed E-state index contributed by atoms with van der Waals surface area (Å²) in [5.41, 5.74) is -1.17. The number of rotatable bonds is 9. The minimum atomic E-state index is -1.25. The number of nitro groups is 2. The predicted molar refractivity (Wildman–Crippen MR) is 86.5 cm³/mol. The Balaban J connectivity index is 2.71. The minimum absolute atomic E-state index is 0.112. The fraction of sp³-hybridized carbons (Fsp3) is 0.308. The van der Waals surface area contributed by atoms with Gasteiger partial charge in [-0.25, -0.2) is 0 Å². The fourth-order valence-corrected chi connectivity index (χ4v) is 1.76. The molecule has 0 aromatic heterocycles. The molecule has 0 fully saturated rings. The number of carbonyl (C=O) groups excluding carboxylic acids is 2. The van der Waals surface area contributed by atoms with Crippen molar-refractivity contribution in [3.63, 3.8) is 0 Å². The molecule has 4 N–H and O–H groups in total. The van der Waals surface area contributed by atoms with Crippen molar-refractivity contribution in [2.45, 2.75) is 13.0 Å². The molecule has 1 aromatic carbocycles. The molecule has 13 nitrogen and oxygen atoms in total. The molecule has 1 aromatic rings. The Kier molecular flexibility index (Phi) is 6.95. The number of carboxylic acids is 1. The Morgan fingerprint density at radius 3 is 2.31 bits per heavy atom. The van der Waals surface area contributed by atoms with Crippen LogP contribution >= 0.6 is 0 Å². The van der Waals surface area contributed by atoms with Gasteiger partial charge in [0, 0.05) is 6.07 Å². The lowest BCUT2D eigenvalue weighted by Crippen LogP contribution is -2.44. The van der Waals surface area contributed by atoms with E-state index in [1.807, 2.05) is 5.32 Å². The van der Waals surface area contributed by atoms with Gasteiger partial charge >= 0.3 is 5.97 Å². The summed E-state index contributed by atoms with van der Waals surface area (Å²) in [5, 5.41) is 36.9. The number of aliphatic carboxylic acids is 1. The van der Waals surface area contributed by atoms with Crippen molar-refractivity contribution >= 4 is 34.8 Å². The number of carboxylic acid groups (broad SMARTS) is 1. The van der Waals surface area contributed by atoms with Crippen LogP contribution in [0.2, 0.25) is 0 Å². The van der Waals surface area contributed by atoms with Gasteiger partial charge in [0.25, 0.3) is 11.4 Å². The molecule has 1 atom stereocenters. The second-order valence-corrected chi connectivity index (χ2v) is 4.97. The predicted octanol–water partition coefficient (Wildman–Crippen LogP) is -0.380. The third-order valence-electron chi connectivity index (χ3n) is 3.01. The van der Waals surface area contributed by atoms with Crippen LogP contribution in [0, 0.1) is 20.2 Å². The first-order valence-electron chi connectivity index (χ1n) is 7.07. The number of nitro benzene ring substituents is 2. The Morgan fingerprint density at radius 2 is 1.77 bits per heavy atom. The highest BCUT2D eigenvalue weighted by molar-refractivity contribution is 5.90. The van der Waals surface area contributed by atoms with Gasteiger partial charge in [-0.3, -0.25) is 34.6 Å². The summed E-state index contributed by atoms with van der Waals surface area (Å²) >= 11 is 0. The van der Waals surface area contributed by atoms with E-state index in [9.17, 15) is 34.6 Å². The lowest BCUT2D eigenvalue weighted by Gasteiger charge is -2.15. The van der Waals surface area contributed by atoms with E-state index in [0.29, 0.717) is 0 Å². The lowest BCUT2D eigenvalue weighted by molar-refractivity contribution is -0.393. The van der Waals surface area contributed by atoms with E-state index in [0.717, 1.165) is 18.2 Å². The topological polar surface area (TPSA) is 194 Å². The monoisotopic (exact) mass is 369 g/mol. The van der Waals surface area contributed by atoms with E-state index in [4.69, 9.17) is 5.11 Å². The van der Waals surface area contributed by atoms with Gasteiger partial charge in [0.1, 0.15) is 18.3 Å². The van der Waals surface area contributed by atoms with Crippen LogP contribution in [0.3, 0.4) is 0 Å². The van der Waals surface area contributed by atoms with Crippen LogP contribution in [-0.2, 0) is 14.4 Å². The number of anilines is 1. The summed E-state index contributed by atoms with van der Waals surface area (Å²) in [7, 11) is 0. The van der Waals surface area contributed by atoms with Crippen LogP contribution in [0.4, 0.5) is 17.1 Å². The van der Waals surface area contributed by atoms with Crippen LogP contribution in [0.15, 0.2) is 18.2 Å². The number of carbonyl (C=O) groups is 3. The Bertz CT molecular complexity index is 750. The van der Waals surface area contributed by atoms with Gasteiger partial charge < -0.3 is 21.1 Å². The van der Waals surface area contributed by atoms with Gasteiger partial charge in [-0.1, -0.05) is 0 Å². The van der Waals surface area contributed by atoms with E-state index in [1.54, 1.807) is 0 Å². The number of nitrogens with zero attached hydrogens (tertiary/aromatic N) is 2. The van der Waals surface area contributed by atoms with Crippen molar-refractivity contribution in [1.29, 1.82) is 0 Å². The van der Waals surface area contributed by atoms with Crippen molar-refractivity contribution in [3.8, 4) is 0 Å². The summed E-state index contributed by atoms with van der Waals surface area (Å²) in [6.07, 6.45) is 0. The molecule has 26 heavy (non-hydrogen) atoms. The van der Waals surface area contributed by atoms with E-state index >= 15 is 0 Å². The number of nitrogens with one attached hydrogen (secondary N) is 3. The highest BCUT2D eigenvalue weighted by Crippen LogP contribution is 2.29. The van der Waals surface area contributed by atoms with E-state index in [2.05, 4.69) is 10.6 Å². The van der Waals surface area contributed by atoms with Gasteiger partial charge in [0.15, 0.2) is 0 Å². The number of non-ortho nitro benzene ring substituents is 1. The highest BCUT2D eigenvalue weighted by Gasteiger charge is 2.22. The molecule has 2 amide bonds. The number of amides is 2. The quantitative estimate of drug-likeness (QED) is 0.331. The zero-order chi connectivity index (χ0) is 19.9. The number of benzene rings is 1. The largest absolute Gasteiger partial charge is 0.480 e. The average Bonchev–Trinajstić information content (AvgIpc) is 2.57. The summed E-state index contributed by atoms with van der Waals surface area (Å²) < 4.78 is 0. The Labute approximate surface area is 145 Å². The first-order valence-corrected chi connectivity index (χ1v) is 7.07. The molecular formula is C13H15N5O8. The SMILES string of the molecule is CC(Nc1ccc([N+](=O)[O-])cc1[N+](=O)[O-])C(=O)NCC(=O)NCC(=O)O. The molecule has 0 aliphatic rings. The number of hydrogen-bond donors (Lipinski definition) is 4. The van der Waals surface area contributed by atoms with E-state index < -0.39 is 58.1 Å². The molecule has 0 aliphatic heterocycles. The van der Waals surface area contributed by atoms with Crippen molar-refractivity contribution in [2.24, 2.45) is 0 Å². The molecule has 0 bridgehead atoms. The van der Waals surface area contributed by atoms with Crippen molar-refractivity contribution in [3.05, 3.63) is 38.4 Å². The van der Waals surface area contributed by atoms with Crippen LogP contribution in [0.5, 0.6) is 0 Å². The molecule has 0 aliphatic carbocycles. The summed E-state index contributed by atoms with van der Waals surface area (Å²) in [5.74, 6) is -2.66. The lowest BCUT2D eigenvalue weighted by atomic mass is 10.2. The zero-order valence-electron chi connectivity index (χ0n) is 13.4. The van der Waals surface area contributed by atoms with Crippen LogP contribution in [0.25, 0.3) is 0 Å². The molecule has 1 unspecified atom stereocenters. The maximum absolute atomic E-state index is 11.9. The third-order valence-corrected chi connectivity index (χ3v) is 3.01. The van der Waals surface area contributed by atoms with Gasteiger partial charge in [0.05, 0.1) is 22.5 Å². The van der Waals surface area contributed by atoms with Gasteiger partial charge in [-0.15, -0.1) is 0 Å². The third kappa shape index (κ3) is 6.03. The second-order valence-electron chi connectivity index (χ2n) is 4.97. The average molecular weight is 369 g/mol. The minimum Gasteiger partial charge on any atom is -0.480 e. The van der Waals surface area contributed by atoms with Crippen molar-refractivity contribution in [1.82, 2.24) is 10.6 Å². The summed E-state index contributed by atoms with van der Waals surface area (Å²) in [6, 6.07) is 1.88. The molecule has 0 heterocycles. The standard InChI is InChI=1S/C13H15N5O8/c1-7(13(22)15-5-11(19)14-6-12(20)21)16-9-3-2-8(17(23)24)4-10(9)18(25)26/h2-4,7,16H,5-6H2,1H3,(H,14,19)(H,15,22)(H,20,21). The molecule has 0 spiro atoms. The molecule has 140 valence electrons. The Morgan fingerprint density at radius 1 is 1.12 bits per heavy atom. The van der Waals surface area contributed by atoms with Crippen LogP contribution < -0.4 is 16.0 Å². The molecule has 0 radical (unpaired) electrons. The summed E-state index contributed by atoms with van der Waals surface area (Å²) in [6.45, 7) is 0.271. The maximum Gasteiger partial charge on any atom is 0.322 e. The first-order chi connectivity index (χ1) is 12.1. The summed E-state index contributed by atoms with van der Waals surface area (Å²) in [4.78, 5) is 53.6. The van der Waals surface area contributed by atoms with Crippen molar-refractivity contribution in [2.75, 3.05) is 18.4 Å². The maximum atomic E-state index is 11.9. The van der Waals surface area contributed by atoms with Crippen molar-refractivity contribution < 1.29 is 29.3 Å². The van der Waals surface area contributed by atoms with Crippen LogP contribution in [0.1, 0.15) is 6.92 Å². The molecule has 13 heteroatoms. The van der Waals surface area contributed by atoms with Gasteiger partial charge in [-0.2, -0.15) is 0 Å². The molecule has 0 saturated carbocycles. The first kappa shape index (κ1) is 20.3. The van der Waals surface area contributed by atoms with Gasteiger partial charge in [0.2, 0.25) is 11.8 Å². The van der Waals surface area contributed by atoms with Gasteiger partial charge in [-0.05, 0) is 13.0 Å². The van der Waals surface area contributed by atoms with E-state index in [-0.39, 0.29) is 5.69 Å². The molecular weight excluding hydrogens is 354 g/mol. The second kappa shape index (κ2) is 8.91. The normalized spacial score (nSPS) is 11.1. The smallest absolute Gasteiger partial charge is 0.322 e. The Hall–Kier alpha value is -3.77.